The minimum Gasteiger partial charge on any atom is -0.497 e. The van der Waals surface area contributed by atoms with E-state index in [1.54, 1.807) is 49.1 Å². The van der Waals surface area contributed by atoms with Gasteiger partial charge in [0.05, 0.1) is 40.3 Å². The molecule has 0 aliphatic carbocycles. The second kappa shape index (κ2) is 16.5. The first-order valence-electron chi connectivity index (χ1n) is 18.7. The standard InChI is InChI=1S/C43H40N8O8/c1-48-36(44-23-37(48)51(54)55)24-49(42(53)28-10-6-4-7-11-28)40-39-41(46-26-45-40)50(27-47-39)38-22-34(52)35(59-38)25-58-43(29-12-8-5-9-13-29,30-14-18-32(56-2)19-15-30)31-16-20-33(57-3)21-17-31/h4-21,23,26-27,34-35,38,52H,22,24-25H2,1-3H3/t34-,35+,38+/m0/s1. The number of aliphatic hydroxyl groups is 1. The van der Waals surface area contributed by atoms with E-state index in [1.165, 1.54) is 29.2 Å². The molecular weight excluding hydrogens is 757 g/mol. The van der Waals surface area contributed by atoms with Crippen LogP contribution in [-0.2, 0) is 28.7 Å². The summed E-state index contributed by atoms with van der Waals surface area (Å²) < 4.78 is 27.5. The highest BCUT2D eigenvalue weighted by Crippen LogP contribution is 2.43. The molecular formula is C43H40N8O8. The molecule has 300 valence electrons. The molecule has 16 nitrogen and oxygen atoms in total. The van der Waals surface area contributed by atoms with Crippen LogP contribution >= 0.6 is 0 Å². The summed E-state index contributed by atoms with van der Waals surface area (Å²) in [6, 6.07) is 33.8. The fourth-order valence-electron chi connectivity index (χ4n) is 7.44. The van der Waals surface area contributed by atoms with Gasteiger partial charge in [-0.25, -0.2) is 24.5 Å². The molecule has 1 N–H and O–H groups in total. The second-order valence-corrected chi connectivity index (χ2v) is 13.9. The normalized spacial score (nSPS) is 16.6. The number of benzene rings is 4. The van der Waals surface area contributed by atoms with Gasteiger partial charge in [-0.2, -0.15) is 0 Å². The van der Waals surface area contributed by atoms with Crippen LogP contribution in [0.15, 0.2) is 128 Å². The number of aliphatic hydroxyl groups excluding tert-OH is 1. The molecule has 1 aliphatic rings. The number of carbonyl (C=O) groups excluding carboxylic acids is 1. The van der Waals surface area contributed by atoms with Crippen molar-refractivity contribution in [3.05, 3.63) is 166 Å². The lowest BCUT2D eigenvalue weighted by atomic mass is 9.80. The van der Waals surface area contributed by atoms with E-state index in [4.69, 9.17) is 18.9 Å². The van der Waals surface area contributed by atoms with Crippen molar-refractivity contribution in [1.82, 2.24) is 29.1 Å². The molecule has 0 unspecified atom stereocenters. The van der Waals surface area contributed by atoms with E-state index in [0.717, 1.165) is 22.9 Å². The van der Waals surface area contributed by atoms with E-state index in [-0.39, 0.29) is 42.5 Å². The Morgan fingerprint density at radius 2 is 1.49 bits per heavy atom. The Kier molecular flexibility index (Phi) is 10.8. The van der Waals surface area contributed by atoms with Gasteiger partial charge in [0, 0.05) is 12.0 Å². The van der Waals surface area contributed by atoms with E-state index in [9.17, 15) is 20.0 Å². The molecule has 1 aliphatic heterocycles. The molecule has 0 saturated carbocycles. The SMILES string of the molecule is COc1ccc(C(OC[C@H]2O[C@@H](n3cnc4c(N(Cc5ncc([N+](=O)[O-])n5C)C(=O)c5ccccc5)ncnc43)C[C@@H]2O)(c2ccccc2)c2ccc(OC)cc2)cc1. The monoisotopic (exact) mass is 796 g/mol. The number of nitro groups is 1. The van der Waals surface area contributed by atoms with Gasteiger partial charge in [0.15, 0.2) is 17.0 Å². The Morgan fingerprint density at radius 1 is 0.881 bits per heavy atom. The van der Waals surface area contributed by atoms with Gasteiger partial charge >= 0.3 is 5.82 Å². The van der Waals surface area contributed by atoms with Gasteiger partial charge < -0.3 is 34.2 Å². The Bertz CT molecular complexity index is 2520. The molecule has 7 aromatic rings. The summed E-state index contributed by atoms with van der Waals surface area (Å²) >= 11 is 0. The summed E-state index contributed by atoms with van der Waals surface area (Å²) in [5.41, 5.74) is 2.38. The van der Waals surface area contributed by atoms with Crippen molar-refractivity contribution in [2.24, 2.45) is 7.05 Å². The minimum absolute atomic E-state index is 0.00730. The molecule has 1 fully saturated rings. The zero-order valence-corrected chi connectivity index (χ0v) is 32.4. The predicted octanol–water partition coefficient (Wildman–Crippen LogP) is 5.99. The molecule has 59 heavy (non-hydrogen) atoms. The van der Waals surface area contributed by atoms with Crippen LogP contribution in [0.25, 0.3) is 11.2 Å². The third kappa shape index (κ3) is 7.36. The van der Waals surface area contributed by atoms with Crippen molar-refractivity contribution in [3.63, 3.8) is 0 Å². The number of fused-ring (bicyclic) bond motifs is 1. The number of nitrogens with zero attached hydrogens (tertiary/aromatic N) is 8. The Morgan fingerprint density at radius 3 is 2.08 bits per heavy atom. The molecule has 1 amide bonds. The molecule has 4 heterocycles. The summed E-state index contributed by atoms with van der Waals surface area (Å²) in [4.78, 5) is 44.4. The van der Waals surface area contributed by atoms with Crippen molar-refractivity contribution in [2.75, 3.05) is 25.7 Å². The highest BCUT2D eigenvalue weighted by atomic mass is 16.6. The topological polar surface area (TPSA) is 182 Å². The van der Waals surface area contributed by atoms with Gasteiger partial charge in [-0.3, -0.25) is 14.3 Å². The maximum Gasteiger partial charge on any atom is 0.342 e. The van der Waals surface area contributed by atoms with E-state index in [0.29, 0.717) is 22.7 Å². The summed E-state index contributed by atoms with van der Waals surface area (Å²) in [6.07, 6.45) is 1.75. The zero-order chi connectivity index (χ0) is 41.1. The number of imidazole rings is 2. The molecule has 0 spiro atoms. The molecule has 4 aromatic carbocycles. The predicted molar refractivity (Wildman–Crippen MR) is 215 cm³/mol. The van der Waals surface area contributed by atoms with Crippen molar-refractivity contribution in [2.45, 2.75) is 37.0 Å². The first kappa shape index (κ1) is 38.8. The highest BCUT2D eigenvalue weighted by molar-refractivity contribution is 6.08. The van der Waals surface area contributed by atoms with Gasteiger partial charge in [-0.1, -0.05) is 72.8 Å². The number of methoxy groups -OCH3 is 2. The summed E-state index contributed by atoms with van der Waals surface area (Å²) in [6.45, 7) is -0.159. The average Bonchev–Trinajstić information content (AvgIpc) is 3.99. The van der Waals surface area contributed by atoms with Crippen LogP contribution < -0.4 is 14.4 Å². The fourth-order valence-corrected chi connectivity index (χ4v) is 7.44. The first-order chi connectivity index (χ1) is 28.7. The maximum atomic E-state index is 14.1. The Labute approximate surface area is 338 Å². The van der Waals surface area contributed by atoms with Gasteiger partial charge in [0.2, 0.25) is 5.82 Å². The lowest BCUT2D eigenvalue weighted by molar-refractivity contribution is -0.391. The van der Waals surface area contributed by atoms with Crippen LogP contribution in [0.1, 0.15) is 45.5 Å². The summed E-state index contributed by atoms with van der Waals surface area (Å²) in [5, 5.41) is 23.1. The largest absolute Gasteiger partial charge is 0.497 e. The first-order valence-corrected chi connectivity index (χ1v) is 18.7. The van der Waals surface area contributed by atoms with E-state index in [1.807, 2.05) is 78.9 Å². The van der Waals surface area contributed by atoms with Gasteiger partial charge in [0.1, 0.15) is 48.5 Å². The van der Waals surface area contributed by atoms with Crippen molar-refractivity contribution in [1.29, 1.82) is 0 Å². The fraction of sp³-hybridized carbons (Fsp3) is 0.233. The average molecular weight is 797 g/mol. The lowest BCUT2D eigenvalue weighted by Gasteiger charge is -2.37. The third-order valence-electron chi connectivity index (χ3n) is 10.6. The molecule has 1 saturated heterocycles. The number of rotatable bonds is 14. The molecule has 0 bridgehead atoms. The number of hydrogen-bond acceptors (Lipinski definition) is 12. The number of ether oxygens (including phenoxy) is 4. The van der Waals surface area contributed by atoms with Gasteiger partial charge in [0.25, 0.3) is 5.91 Å². The smallest absolute Gasteiger partial charge is 0.342 e. The number of amides is 1. The lowest BCUT2D eigenvalue weighted by Crippen LogP contribution is -2.38. The number of aromatic nitrogens is 6. The molecule has 8 rings (SSSR count). The third-order valence-corrected chi connectivity index (χ3v) is 10.6. The number of hydrogen-bond donors (Lipinski definition) is 1. The van der Waals surface area contributed by atoms with E-state index in [2.05, 4.69) is 19.9 Å². The molecule has 3 atom stereocenters. The van der Waals surface area contributed by atoms with Crippen molar-refractivity contribution < 1.29 is 33.8 Å². The second-order valence-electron chi connectivity index (χ2n) is 13.9. The van der Waals surface area contributed by atoms with E-state index < -0.39 is 34.9 Å². The zero-order valence-electron chi connectivity index (χ0n) is 32.4. The van der Waals surface area contributed by atoms with E-state index >= 15 is 0 Å². The van der Waals surface area contributed by atoms with Crippen molar-refractivity contribution >= 4 is 28.7 Å². The number of anilines is 1. The summed E-state index contributed by atoms with van der Waals surface area (Å²) in [7, 11) is 4.74. The molecule has 16 heteroatoms. The van der Waals surface area contributed by atoms with Crippen molar-refractivity contribution in [3.8, 4) is 11.5 Å². The quantitative estimate of drug-likeness (QED) is 0.0773. The highest BCUT2D eigenvalue weighted by Gasteiger charge is 2.42. The van der Waals surface area contributed by atoms with Crippen LogP contribution in [0.5, 0.6) is 11.5 Å². The van der Waals surface area contributed by atoms with Crippen LogP contribution in [0, 0.1) is 10.1 Å². The Balaban J connectivity index is 1.11. The van der Waals surface area contributed by atoms with Crippen LogP contribution in [-0.4, -0.2) is 78.0 Å². The van der Waals surface area contributed by atoms with Gasteiger partial charge in [-0.05, 0) is 58.0 Å². The molecule has 3 aromatic heterocycles. The molecule has 0 radical (unpaired) electrons. The number of carbonyl (C=O) groups is 1. The maximum absolute atomic E-state index is 14.1. The van der Waals surface area contributed by atoms with Crippen LogP contribution in [0.2, 0.25) is 0 Å². The minimum atomic E-state index is -1.13. The van der Waals surface area contributed by atoms with Crippen LogP contribution in [0.4, 0.5) is 11.6 Å². The van der Waals surface area contributed by atoms with Crippen LogP contribution in [0.3, 0.4) is 0 Å². The summed E-state index contributed by atoms with van der Waals surface area (Å²) in [5.74, 6) is 1.15. The Hall–Kier alpha value is -7.01. The van der Waals surface area contributed by atoms with Gasteiger partial charge in [-0.15, -0.1) is 0 Å².